The molecule has 1 heterocycles. The maximum Gasteiger partial charge on any atom is 0.338 e. The Morgan fingerprint density at radius 3 is 2.83 bits per heavy atom. The van der Waals surface area contributed by atoms with Crippen molar-refractivity contribution in [2.45, 2.75) is 19.1 Å². The molecule has 0 saturated carbocycles. The number of hydrogen-bond acceptors (Lipinski definition) is 4. The summed E-state index contributed by atoms with van der Waals surface area (Å²) in [6, 6.07) is 7.34. The molecule has 96 valence electrons. The van der Waals surface area contributed by atoms with Crippen LogP contribution in [0, 0.1) is 0 Å². The molecule has 1 aromatic carbocycles. The highest BCUT2D eigenvalue weighted by molar-refractivity contribution is 5.85. The molecule has 2 unspecified atom stereocenters. The standard InChI is InChI=1S/C13H15NO4/c1-2-18-13(17)12(16)11(15)9-7-14-10-6-4-3-5-8(9)10/h3-7,11-12,14-16H,2H2,1H3. The Morgan fingerprint density at radius 1 is 1.39 bits per heavy atom. The summed E-state index contributed by atoms with van der Waals surface area (Å²) in [6.07, 6.45) is -1.30. The summed E-state index contributed by atoms with van der Waals surface area (Å²) in [6.45, 7) is 1.80. The van der Waals surface area contributed by atoms with Crippen LogP contribution in [0.25, 0.3) is 10.9 Å². The highest BCUT2D eigenvalue weighted by Gasteiger charge is 2.28. The lowest BCUT2D eigenvalue weighted by Crippen LogP contribution is -2.29. The second-order valence-electron chi connectivity index (χ2n) is 3.93. The van der Waals surface area contributed by atoms with Crippen LogP contribution >= 0.6 is 0 Å². The number of ether oxygens (including phenoxy) is 1. The summed E-state index contributed by atoms with van der Waals surface area (Å²) in [5, 5.41) is 20.5. The highest BCUT2D eigenvalue weighted by atomic mass is 16.5. The number of aromatic amines is 1. The molecule has 0 radical (unpaired) electrons. The van der Waals surface area contributed by atoms with E-state index in [0.717, 1.165) is 10.9 Å². The monoisotopic (exact) mass is 249 g/mol. The molecule has 1 aromatic heterocycles. The molecule has 2 atom stereocenters. The zero-order valence-electron chi connectivity index (χ0n) is 9.96. The van der Waals surface area contributed by atoms with Crippen LogP contribution in [0.4, 0.5) is 0 Å². The SMILES string of the molecule is CCOC(=O)C(O)C(O)c1c[nH]c2ccccc12. The predicted molar refractivity (Wildman–Crippen MR) is 65.9 cm³/mol. The van der Waals surface area contributed by atoms with Crippen LogP contribution in [0.5, 0.6) is 0 Å². The topological polar surface area (TPSA) is 82.6 Å². The Kier molecular flexibility index (Phi) is 3.64. The molecule has 5 heteroatoms. The van der Waals surface area contributed by atoms with Crippen molar-refractivity contribution in [3.63, 3.8) is 0 Å². The number of nitrogens with one attached hydrogen (secondary N) is 1. The third-order valence-electron chi connectivity index (χ3n) is 2.77. The Labute approximate surface area is 104 Å². The smallest absolute Gasteiger partial charge is 0.338 e. The summed E-state index contributed by atoms with van der Waals surface area (Å²) < 4.78 is 4.68. The van der Waals surface area contributed by atoms with Crippen molar-refractivity contribution in [3.8, 4) is 0 Å². The number of aliphatic hydroxyl groups is 2. The first-order chi connectivity index (χ1) is 8.65. The Bertz CT molecular complexity index is 549. The van der Waals surface area contributed by atoms with Gasteiger partial charge < -0.3 is 19.9 Å². The van der Waals surface area contributed by atoms with E-state index in [-0.39, 0.29) is 6.61 Å². The fourth-order valence-corrected chi connectivity index (χ4v) is 1.87. The van der Waals surface area contributed by atoms with Crippen molar-refractivity contribution in [2.75, 3.05) is 6.61 Å². The quantitative estimate of drug-likeness (QED) is 0.709. The number of benzene rings is 1. The van der Waals surface area contributed by atoms with Crippen LogP contribution < -0.4 is 0 Å². The number of esters is 1. The van der Waals surface area contributed by atoms with Crippen molar-refractivity contribution in [3.05, 3.63) is 36.0 Å². The van der Waals surface area contributed by atoms with E-state index in [9.17, 15) is 15.0 Å². The van der Waals surface area contributed by atoms with Crippen molar-refractivity contribution < 1.29 is 19.7 Å². The van der Waals surface area contributed by atoms with E-state index in [1.54, 1.807) is 13.1 Å². The van der Waals surface area contributed by atoms with Crippen molar-refractivity contribution >= 4 is 16.9 Å². The fraction of sp³-hybridized carbons (Fsp3) is 0.308. The predicted octanol–water partition coefficient (Wildman–Crippen LogP) is 1.13. The van der Waals surface area contributed by atoms with Crippen LogP contribution in [0.1, 0.15) is 18.6 Å². The molecule has 0 aliphatic heterocycles. The molecule has 0 fully saturated rings. The van der Waals surface area contributed by atoms with Gasteiger partial charge in [-0.1, -0.05) is 18.2 Å². The number of carbonyl (C=O) groups is 1. The molecule has 0 aliphatic rings. The van der Waals surface area contributed by atoms with Gasteiger partial charge in [0.15, 0.2) is 6.10 Å². The van der Waals surface area contributed by atoms with E-state index in [0.29, 0.717) is 5.56 Å². The molecule has 0 spiro atoms. The van der Waals surface area contributed by atoms with Crippen LogP contribution in [-0.2, 0) is 9.53 Å². The second-order valence-corrected chi connectivity index (χ2v) is 3.93. The summed E-state index contributed by atoms with van der Waals surface area (Å²) in [5.41, 5.74) is 1.31. The Hall–Kier alpha value is -1.85. The number of aromatic nitrogens is 1. The van der Waals surface area contributed by atoms with Gasteiger partial charge in [0.05, 0.1) is 6.61 Å². The van der Waals surface area contributed by atoms with E-state index < -0.39 is 18.2 Å². The lowest BCUT2D eigenvalue weighted by Gasteiger charge is -2.15. The van der Waals surface area contributed by atoms with Gasteiger partial charge in [-0.05, 0) is 13.0 Å². The van der Waals surface area contributed by atoms with Crippen LogP contribution in [-0.4, -0.2) is 33.9 Å². The maximum atomic E-state index is 11.4. The summed E-state index contributed by atoms with van der Waals surface area (Å²) in [5.74, 6) is -0.824. The van der Waals surface area contributed by atoms with E-state index in [1.807, 2.05) is 24.3 Å². The lowest BCUT2D eigenvalue weighted by atomic mass is 10.0. The van der Waals surface area contributed by atoms with Gasteiger partial charge in [-0.2, -0.15) is 0 Å². The average molecular weight is 249 g/mol. The normalized spacial score (nSPS) is 14.4. The molecule has 0 aliphatic carbocycles. The second kappa shape index (κ2) is 5.20. The van der Waals surface area contributed by atoms with E-state index in [1.165, 1.54) is 0 Å². The van der Waals surface area contributed by atoms with Gasteiger partial charge in [0.2, 0.25) is 0 Å². The zero-order valence-corrected chi connectivity index (χ0v) is 9.96. The minimum absolute atomic E-state index is 0.163. The molecule has 0 bridgehead atoms. The molecule has 2 rings (SSSR count). The van der Waals surface area contributed by atoms with Crippen molar-refractivity contribution in [1.82, 2.24) is 4.98 Å². The van der Waals surface area contributed by atoms with Gasteiger partial charge in [-0.3, -0.25) is 0 Å². The summed E-state index contributed by atoms with van der Waals surface area (Å²) in [4.78, 5) is 14.3. The van der Waals surface area contributed by atoms with Crippen molar-refractivity contribution in [2.24, 2.45) is 0 Å². The first-order valence-electron chi connectivity index (χ1n) is 5.74. The van der Waals surface area contributed by atoms with Gasteiger partial charge >= 0.3 is 5.97 Å². The molecular weight excluding hydrogens is 234 g/mol. The van der Waals surface area contributed by atoms with Crippen LogP contribution in [0.15, 0.2) is 30.5 Å². The number of H-pyrrole nitrogens is 1. The van der Waals surface area contributed by atoms with Gasteiger partial charge in [0.25, 0.3) is 0 Å². The van der Waals surface area contributed by atoms with E-state index in [2.05, 4.69) is 9.72 Å². The van der Waals surface area contributed by atoms with Gasteiger partial charge in [0.1, 0.15) is 6.10 Å². The molecular formula is C13H15NO4. The minimum Gasteiger partial charge on any atom is -0.464 e. The average Bonchev–Trinajstić information content (AvgIpc) is 2.81. The lowest BCUT2D eigenvalue weighted by molar-refractivity contribution is -0.159. The Balaban J connectivity index is 2.28. The number of rotatable bonds is 4. The van der Waals surface area contributed by atoms with E-state index >= 15 is 0 Å². The Morgan fingerprint density at radius 2 is 2.11 bits per heavy atom. The number of fused-ring (bicyclic) bond motifs is 1. The first kappa shape index (κ1) is 12.6. The van der Waals surface area contributed by atoms with Gasteiger partial charge in [-0.15, -0.1) is 0 Å². The summed E-state index contributed by atoms with van der Waals surface area (Å²) in [7, 11) is 0. The third-order valence-corrected chi connectivity index (χ3v) is 2.77. The molecule has 18 heavy (non-hydrogen) atoms. The molecule has 2 aromatic rings. The minimum atomic E-state index is -1.58. The number of hydrogen-bond donors (Lipinski definition) is 3. The van der Waals surface area contributed by atoms with Gasteiger partial charge in [-0.25, -0.2) is 4.79 Å². The van der Waals surface area contributed by atoms with Crippen LogP contribution in [0.2, 0.25) is 0 Å². The fourth-order valence-electron chi connectivity index (χ4n) is 1.87. The van der Waals surface area contributed by atoms with Crippen LogP contribution in [0.3, 0.4) is 0 Å². The maximum absolute atomic E-state index is 11.4. The largest absolute Gasteiger partial charge is 0.464 e. The summed E-state index contributed by atoms with van der Waals surface area (Å²) >= 11 is 0. The molecule has 0 amide bonds. The highest BCUT2D eigenvalue weighted by Crippen LogP contribution is 2.26. The third kappa shape index (κ3) is 2.23. The number of aliphatic hydroxyl groups excluding tert-OH is 2. The molecule has 3 N–H and O–H groups in total. The molecule has 5 nitrogen and oxygen atoms in total. The van der Waals surface area contributed by atoms with Gasteiger partial charge in [0, 0.05) is 22.7 Å². The zero-order chi connectivity index (χ0) is 13.1. The number of carbonyl (C=O) groups excluding carboxylic acids is 1. The molecule has 0 saturated heterocycles. The first-order valence-corrected chi connectivity index (χ1v) is 5.74. The van der Waals surface area contributed by atoms with Crippen molar-refractivity contribution in [1.29, 1.82) is 0 Å². The van der Waals surface area contributed by atoms with E-state index in [4.69, 9.17) is 0 Å². The number of para-hydroxylation sites is 1.